The molecule has 1 aromatic rings. The van der Waals surface area contributed by atoms with Crippen molar-refractivity contribution in [2.45, 2.75) is 6.42 Å². The molecular weight excluding hydrogens is 314 g/mol. The Bertz CT molecular complexity index is 708. The van der Waals surface area contributed by atoms with Gasteiger partial charge in [0.15, 0.2) is 5.84 Å². The van der Waals surface area contributed by atoms with Crippen molar-refractivity contribution < 1.29 is 14.7 Å². The summed E-state index contributed by atoms with van der Waals surface area (Å²) in [6, 6.07) is 6.23. The number of carbonyl (C=O) groups is 1. The summed E-state index contributed by atoms with van der Waals surface area (Å²) in [6.07, 6.45) is 8.48. The maximum Gasteiger partial charge on any atom is 0.335 e. The van der Waals surface area contributed by atoms with Gasteiger partial charge in [0.2, 0.25) is 0 Å². The smallest absolute Gasteiger partial charge is 0.335 e. The minimum absolute atomic E-state index is 0.128. The molecule has 120 valence electrons. The number of nitrogens with zero attached hydrogens (tertiary/aromatic N) is 2. The lowest BCUT2D eigenvalue weighted by atomic mass is 10.1. The molecular formula is C16H17N3O3S. The topological polar surface area (TPSA) is 97.3 Å². The molecule has 3 N–H and O–H groups in total. The van der Waals surface area contributed by atoms with Crippen molar-refractivity contribution in [2.75, 3.05) is 12.9 Å². The van der Waals surface area contributed by atoms with Gasteiger partial charge in [0, 0.05) is 17.3 Å². The Hall–Kier alpha value is -2.54. The van der Waals surface area contributed by atoms with Gasteiger partial charge in [-0.2, -0.15) is 0 Å². The quantitative estimate of drug-likeness (QED) is 0.491. The zero-order chi connectivity index (χ0) is 16.7. The normalized spacial score (nSPS) is 14.7. The molecule has 0 aromatic heterocycles. The van der Waals surface area contributed by atoms with Gasteiger partial charge in [-0.05, 0) is 24.8 Å². The van der Waals surface area contributed by atoms with Crippen molar-refractivity contribution >= 4 is 28.6 Å². The number of allylic oxidation sites excluding steroid dienone is 2. The third kappa shape index (κ3) is 4.72. The summed E-state index contributed by atoms with van der Waals surface area (Å²) in [7, 11) is 0. The number of thioether (sulfide) groups is 1. The molecule has 7 heteroatoms. The number of oxime groups is 1. The predicted molar refractivity (Wildman–Crippen MR) is 92.9 cm³/mol. The highest BCUT2D eigenvalue weighted by Gasteiger charge is 2.09. The second-order valence-electron chi connectivity index (χ2n) is 4.62. The van der Waals surface area contributed by atoms with Crippen molar-refractivity contribution in [3.63, 3.8) is 0 Å². The number of aliphatic imine (C=N–C) groups is 1. The average Bonchev–Trinajstić information content (AvgIpc) is 2.79. The van der Waals surface area contributed by atoms with E-state index < -0.39 is 5.97 Å². The van der Waals surface area contributed by atoms with Gasteiger partial charge in [-0.3, -0.25) is 0 Å². The van der Waals surface area contributed by atoms with Gasteiger partial charge in [0.05, 0.1) is 5.56 Å². The zero-order valence-corrected chi connectivity index (χ0v) is 13.4. The molecule has 0 unspecified atom stereocenters. The largest absolute Gasteiger partial charge is 0.478 e. The Balaban J connectivity index is 2.04. The second kappa shape index (κ2) is 8.19. The van der Waals surface area contributed by atoms with Gasteiger partial charge >= 0.3 is 5.97 Å². The molecule has 1 aromatic carbocycles. The Morgan fingerprint density at radius 2 is 2.26 bits per heavy atom. The van der Waals surface area contributed by atoms with Crippen molar-refractivity contribution in [1.29, 1.82) is 0 Å². The fourth-order valence-electron chi connectivity index (χ4n) is 1.90. The number of hydrogen-bond donors (Lipinski definition) is 2. The first-order valence-electron chi connectivity index (χ1n) is 6.87. The van der Waals surface area contributed by atoms with E-state index in [1.807, 2.05) is 18.4 Å². The molecule has 1 aliphatic rings. The van der Waals surface area contributed by atoms with Gasteiger partial charge in [-0.25, -0.2) is 9.79 Å². The Kier molecular flexibility index (Phi) is 5.99. The molecule has 0 radical (unpaired) electrons. The van der Waals surface area contributed by atoms with E-state index in [-0.39, 0.29) is 18.0 Å². The first-order valence-corrected chi connectivity index (χ1v) is 8.09. The minimum atomic E-state index is -1.02. The van der Waals surface area contributed by atoms with E-state index in [1.54, 1.807) is 18.3 Å². The van der Waals surface area contributed by atoms with Crippen LogP contribution in [-0.4, -0.2) is 34.8 Å². The van der Waals surface area contributed by atoms with Crippen LogP contribution in [0.25, 0.3) is 0 Å². The standard InChI is InChI=1S/C16H17N3O3S/c1-23-15-13(5-2-3-8-18-15)10-22-19-14(17)11-6-4-7-12(9-11)16(20)21/h3-9H,2,10H2,1H3,(H2,17,19)(H,20,21). The fraction of sp³-hybridized carbons (Fsp3) is 0.188. The molecule has 0 spiro atoms. The summed E-state index contributed by atoms with van der Waals surface area (Å²) in [5, 5.41) is 13.7. The van der Waals surface area contributed by atoms with Crippen LogP contribution in [-0.2, 0) is 4.84 Å². The SMILES string of the molecule is CSC1=NC=CCC=C1CO/N=C(\N)c1cccc(C(=O)O)c1. The van der Waals surface area contributed by atoms with Crippen LogP contribution in [0.5, 0.6) is 0 Å². The fourth-order valence-corrected chi connectivity index (χ4v) is 2.47. The van der Waals surface area contributed by atoms with Gasteiger partial charge in [-0.15, -0.1) is 11.8 Å². The van der Waals surface area contributed by atoms with Gasteiger partial charge in [-0.1, -0.05) is 29.4 Å². The average molecular weight is 331 g/mol. The molecule has 0 bridgehead atoms. The molecule has 1 aliphatic heterocycles. The van der Waals surface area contributed by atoms with Gasteiger partial charge in [0.25, 0.3) is 0 Å². The maximum atomic E-state index is 11.0. The summed E-state index contributed by atoms with van der Waals surface area (Å²) in [5.74, 6) is -0.888. The van der Waals surface area contributed by atoms with Crippen molar-refractivity contribution in [3.05, 3.63) is 59.3 Å². The van der Waals surface area contributed by atoms with Crippen molar-refractivity contribution in [1.82, 2.24) is 0 Å². The number of nitrogens with two attached hydrogens (primary N) is 1. The number of rotatable bonds is 5. The van der Waals surface area contributed by atoms with E-state index in [1.165, 1.54) is 23.9 Å². The molecule has 1 heterocycles. The van der Waals surface area contributed by atoms with E-state index in [4.69, 9.17) is 15.7 Å². The monoisotopic (exact) mass is 331 g/mol. The van der Waals surface area contributed by atoms with Crippen LogP contribution < -0.4 is 5.73 Å². The highest BCUT2D eigenvalue weighted by molar-refractivity contribution is 8.13. The predicted octanol–water partition coefficient (Wildman–Crippen LogP) is 2.63. The van der Waals surface area contributed by atoms with Crippen LogP contribution in [0.3, 0.4) is 0 Å². The van der Waals surface area contributed by atoms with Gasteiger partial charge in [0.1, 0.15) is 11.7 Å². The molecule has 0 saturated carbocycles. The van der Waals surface area contributed by atoms with E-state index >= 15 is 0 Å². The molecule has 0 fully saturated rings. The Morgan fingerprint density at radius 1 is 1.48 bits per heavy atom. The maximum absolute atomic E-state index is 11.0. The summed E-state index contributed by atoms with van der Waals surface area (Å²) < 4.78 is 0. The molecule has 0 atom stereocenters. The minimum Gasteiger partial charge on any atom is -0.478 e. The van der Waals surface area contributed by atoms with Gasteiger partial charge < -0.3 is 15.7 Å². The summed E-state index contributed by atoms with van der Waals surface area (Å²) in [6.45, 7) is 0.251. The molecule has 2 rings (SSSR count). The van der Waals surface area contributed by atoms with Crippen LogP contribution in [0.2, 0.25) is 0 Å². The van der Waals surface area contributed by atoms with Crippen molar-refractivity contribution in [2.24, 2.45) is 15.9 Å². The molecule has 0 aliphatic carbocycles. The van der Waals surface area contributed by atoms with Crippen LogP contribution in [0, 0.1) is 0 Å². The molecule has 23 heavy (non-hydrogen) atoms. The summed E-state index contributed by atoms with van der Waals surface area (Å²) in [5.41, 5.74) is 7.43. The van der Waals surface area contributed by atoms with E-state index in [0.29, 0.717) is 5.56 Å². The summed E-state index contributed by atoms with van der Waals surface area (Å²) >= 11 is 1.53. The van der Waals surface area contributed by atoms with E-state index in [2.05, 4.69) is 10.1 Å². The lowest BCUT2D eigenvalue weighted by Crippen LogP contribution is -2.15. The zero-order valence-electron chi connectivity index (χ0n) is 12.6. The molecule has 0 saturated heterocycles. The third-order valence-electron chi connectivity index (χ3n) is 3.05. The van der Waals surface area contributed by atoms with Crippen LogP contribution in [0.15, 0.2) is 58.3 Å². The van der Waals surface area contributed by atoms with E-state index in [9.17, 15) is 4.79 Å². The lowest BCUT2D eigenvalue weighted by Gasteiger charge is -2.07. The Morgan fingerprint density at radius 3 is 3.00 bits per heavy atom. The lowest BCUT2D eigenvalue weighted by molar-refractivity contribution is 0.0697. The number of amidine groups is 1. The third-order valence-corrected chi connectivity index (χ3v) is 3.81. The highest BCUT2D eigenvalue weighted by Crippen LogP contribution is 2.15. The van der Waals surface area contributed by atoms with Crippen LogP contribution in [0.1, 0.15) is 22.3 Å². The summed E-state index contributed by atoms with van der Waals surface area (Å²) in [4.78, 5) is 20.6. The number of aromatic carboxylic acids is 1. The van der Waals surface area contributed by atoms with Crippen LogP contribution in [0.4, 0.5) is 0 Å². The second-order valence-corrected chi connectivity index (χ2v) is 5.42. The number of benzene rings is 1. The molecule has 6 nitrogen and oxygen atoms in total. The molecule has 0 amide bonds. The van der Waals surface area contributed by atoms with E-state index in [0.717, 1.165) is 17.0 Å². The number of carboxylic acid groups (broad SMARTS) is 1. The number of hydrogen-bond acceptors (Lipinski definition) is 5. The first kappa shape index (κ1) is 16.8. The Labute approximate surface area is 138 Å². The highest BCUT2D eigenvalue weighted by atomic mass is 32.2. The first-order chi connectivity index (χ1) is 11.1. The number of carboxylic acids is 1. The van der Waals surface area contributed by atoms with Crippen LogP contribution >= 0.6 is 11.8 Å². The van der Waals surface area contributed by atoms with Crippen molar-refractivity contribution in [3.8, 4) is 0 Å².